The third-order valence-corrected chi connectivity index (χ3v) is 20.5. The molecule has 0 rings (SSSR count). The molecule has 0 aliphatic rings. The molecule has 0 radical (unpaired) electrons. The fourth-order valence-electron chi connectivity index (χ4n) is 9.96. The van der Waals surface area contributed by atoms with Crippen LogP contribution in [0.4, 0.5) is 0 Å². The Morgan fingerprint density at radius 3 is 0.789 bits per heavy atom. The van der Waals surface area contributed by atoms with Gasteiger partial charge in [-0.05, 0) is 46.5 Å². The van der Waals surface area contributed by atoms with Gasteiger partial charge in [-0.3, -0.25) is 0 Å². The van der Waals surface area contributed by atoms with Crippen molar-refractivity contribution < 1.29 is 50.8 Å². The van der Waals surface area contributed by atoms with Gasteiger partial charge in [0, 0.05) is 44.8 Å². The van der Waals surface area contributed by atoms with E-state index >= 15 is 0 Å². The molecule has 3 N–H and O–H groups in total. The summed E-state index contributed by atoms with van der Waals surface area (Å²) in [5, 5.41) is 31.2. The van der Waals surface area contributed by atoms with E-state index in [2.05, 4.69) is 42.0 Å². The third kappa shape index (κ3) is 43.8. The van der Waals surface area contributed by atoms with Gasteiger partial charge in [0.05, 0.1) is 93.0 Å². The van der Waals surface area contributed by atoms with Gasteiger partial charge in [-0.2, -0.15) is 0 Å². The molecule has 0 saturated heterocycles. The second-order valence-electron chi connectivity index (χ2n) is 22.7. The maximum Gasteiger partial charge on any atom is 0.501 e. The van der Waals surface area contributed by atoms with Gasteiger partial charge in [0.15, 0.2) is 0 Å². The second-order valence-corrected chi connectivity index (χ2v) is 28.1. The highest BCUT2D eigenvalue weighted by atomic mass is 28.4. The molecule has 0 aromatic rings. The highest BCUT2D eigenvalue weighted by Gasteiger charge is 2.44. The standard InChI is InChI=1S/C58H126N2O9Si2/c1-10-15-17-19-21-23-25-27-29-31-33-35-37-39-41-43-47-59(6,7)49-45-51-70(64-12-3,65-13-4)68-55-58(63)56-69-71(66-14-5,67-54-57(62)53-61)52-46-50-60(8,9)48-44-42-40-38-36-34-32-30-28-26-24-22-20-18-16-11-2/h57-58,61-63H,10-56H2,1-9H3/q+2. The van der Waals surface area contributed by atoms with Gasteiger partial charge in [0.1, 0.15) is 0 Å². The lowest BCUT2D eigenvalue weighted by molar-refractivity contribution is -0.890. The van der Waals surface area contributed by atoms with Crippen molar-refractivity contribution in [3.63, 3.8) is 0 Å². The third-order valence-electron chi connectivity index (χ3n) is 14.5. The molecule has 0 aromatic heterocycles. The van der Waals surface area contributed by atoms with Crippen LogP contribution < -0.4 is 0 Å². The van der Waals surface area contributed by atoms with E-state index in [1.54, 1.807) is 0 Å². The number of unbranched alkanes of at least 4 members (excludes halogenated alkanes) is 30. The predicted molar refractivity (Wildman–Crippen MR) is 305 cm³/mol. The molecule has 0 spiro atoms. The summed E-state index contributed by atoms with van der Waals surface area (Å²) in [6, 6.07) is 1.24. The van der Waals surface area contributed by atoms with Crippen molar-refractivity contribution in [2.75, 3.05) is 101 Å². The lowest BCUT2D eigenvalue weighted by Crippen LogP contribution is -2.51. The zero-order valence-corrected chi connectivity index (χ0v) is 51.1. The molecule has 0 fully saturated rings. The number of quaternary nitrogens is 2. The Morgan fingerprint density at radius 2 is 0.535 bits per heavy atom. The van der Waals surface area contributed by atoms with Crippen LogP contribution in [0.15, 0.2) is 0 Å². The summed E-state index contributed by atoms with van der Waals surface area (Å²) < 4.78 is 39.9. The van der Waals surface area contributed by atoms with Crippen LogP contribution in [0.3, 0.4) is 0 Å². The van der Waals surface area contributed by atoms with E-state index in [-0.39, 0.29) is 19.8 Å². The van der Waals surface area contributed by atoms with E-state index < -0.39 is 36.4 Å². The van der Waals surface area contributed by atoms with Gasteiger partial charge in [-0.25, -0.2) is 0 Å². The van der Waals surface area contributed by atoms with Gasteiger partial charge >= 0.3 is 17.6 Å². The number of rotatable bonds is 58. The largest absolute Gasteiger partial charge is 0.501 e. The van der Waals surface area contributed by atoms with E-state index in [0.29, 0.717) is 31.9 Å². The summed E-state index contributed by atoms with van der Waals surface area (Å²) in [5.74, 6) is 0. The fourth-order valence-corrected chi connectivity index (χ4v) is 15.2. The number of hydrogen-bond donors (Lipinski definition) is 3. The summed E-state index contributed by atoms with van der Waals surface area (Å²) in [5.41, 5.74) is 0. The average Bonchev–Trinajstić information content (AvgIpc) is 3.34. The van der Waals surface area contributed by atoms with Gasteiger partial charge < -0.3 is 50.8 Å². The minimum absolute atomic E-state index is 0.0166. The van der Waals surface area contributed by atoms with Crippen molar-refractivity contribution in [3.05, 3.63) is 0 Å². The molecule has 428 valence electrons. The van der Waals surface area contributed by atoms with E-state index in [4.69, 9.17) is 26.6 Å². The second kappa shape index (κ2) is 48.4. The molecule has 0 aliphatic heterocycles. The molecule has 13 heteroatoms. The highest BCUT2D eigenvalue weighted by molar-refractivity contribution is 6.61. The zero-order valence-electron chi connectivity index (χ0n) is 49.1. The Labute approximate surface area is 444 Å². The zero-order chi connectivity index (χ0) is 52.6. The normalized spacial score (nSPS) is 14.4. The maximum atomic E-state index is 11.3. The van der Waals surface area contributed by atoms with Gasteiger partial charge in [-0.1, -0.05) is 194 Å². The summed E-state index contributed by atoms with van der Waals surface area (Å²) in [6.45, 7) is 15.5. The average molecular weight is 1050 g/mol. The molecule has 0 aliphatic carbocycles. The number of aliphatic hydroxyl groups excluding tert-OH is 3. The first-order chi connectivity index (χ1) is 34.3. The van der Waals surface area contributed by atoms with E-state index in [1.165, 1.54) is 205 Å². The Balaban J connectivity index is 4.83. The molecule has 3 unspecified atom stereocenters. The Bertz CT molecular complexity index is 1110. The minimum atomic E-state index is -3.34. The van der Waals surface area contributed by atoms with Crippen molar-refractivity contribution >= 4 is 17.6 Å². The van der Waals surface area contributed by atoms with E-state index in [1.807, 2.05) is 20.8 Å². The molecule has 0 saturated carbocycles. The molecule has 0 heterocycles. The van der Waals surface area contributed by atoms with Crippen molar-refractivity contribution in [3.8, 4) is 0 Å². The van der Waals surface area contributed by atoms with Crippen LogP contribution in [-0.2, 0) is 26.6 Å². The van der Waals surface area contributed by atoms with Crippen molar-refractivity contribution in [1.82, 2.24) is 0 Å². The van der Waals surface area contributed by atoms with E-state index in [9.17, 15) is 15.3 Å². The summed E-state index contributed by atoms with van der Waals surface area (Å²) in [4.78, 5) is 0. The lowest BCUT2D eigenvalue weighted by atomic mass is 10.0. The molecule has 0 aromatic carbocycles. The van der Waals surface area contributed by atoms with Crippen LogP contribution in [0.2, 0.25) is 12.1 Å². The lowest BCUT2D eigenvalue weighted by Gasteiger charge is -2.34. The van der Waals surface area contributed by atoms with Gasteiger partial charge in [-0.15, -0.1) is 0 Å². The summed E-state index contributed by atoms with van der Waals surface area (Å²) in [6.07, 6.45) is 43.9. The van der Waals surface area contributed by atoms with Crippen molar-refractivity contribution in [1.29, 1.82) is 0 Å². The van der Waals surface area contributed by atoms with Gasteiger partial charge in [0.25, 0.3) is 0 Å². The molecule has 3 atom stereocenters. The molecule has 0 bridgehead atoms. The first kappa shape index (κ1) is 71.0. The van der Waals surface area contributed by atoms with Crippen molar-refractivity contribution in [2.24, 2.45) is 0 Å². The van der Waals surface area contributed by atoms with E-state index in [0.717, 1.165) is 48.0 Å². The number of nitrogens with zero attached hydrogens (tertiary/aromatic N) is 2. The number of hydrogen-bond acceptors (Lipinski definition) is 9. The van der Waals surface area contributed by atoms with Crippen LogP contribution in [0.5, 0.6) is 0 Å². The molecular formula is C58H126N2O9Si2+2. The molecular weight excluding hydrogens is 925 g/mol. The Kier molecular flexibility index (Phi) is 48.4. The first-order valence-corrected chi connectivity index (χ1v) is 34.6. The smallest absolute Gasteiger partial charge is 0.394 e. The quantitative estimate of drug-likeness (QED) is 0.0311. The molecule has 11 nitrogen and oxygen atoms in total. The van der Waals surface area contributed by atoms with Crippen LogP contribution in [0.1, 0.15) is 253 Å². The first-order valence-electron chi connectivity index (χ1n) is 30.7. The highest BCUT2D eigenvalue weighted by Crippen LogP contribution is 2.24. The maximum absolute atomic E-state index is 11.3. The summed E-state index contributed by atoms with van der Waals surface area (Å²) in [7, 11) is 2.83. The minimum Gasteiger partial charge on any atom is -0.394 e. The summed E-state index contributed by atoms with van der Waals surface area (Å²) >= 11 is 0. The fraction of sp³-hybridized carbons (Fsp3) is 1.00. The Morgan fingerprint density at radius 1 is 0.310 bits per heavy atom. The molecule has 71 heavy (non-hydrogen) atoms. The SMILES string of the molecule is CCCCCCCCCCCCCCCCCC[N+](C)(C)CCC[Si](OCC)(OCC)OCC(O)CO[Si](CCC[N+](C)(C)CCCCCCCCCCCCCCCCCC)(OCC)OCC(O)CO. The van der Waals surface area contributed by atoms with Crippen molar-refractivity contribution in [2.45, 2.75) is 277 Å². The van der Waals surface area contributed by atoms with Crippen LogP contribution in [-0.4, -0.2) is 155 Å². The molecule has 0 amide bonds. The topological polar surface area (TPSA) is 116 Å². The van der Waals surface area contributed by atoms with Crippen LogP contribution >= 0.6 is 0 Å². The predicted octanol–water partition coefficient (Wildman–Crippen LogP) is 14.2. The van der Waals surface area contributed by atoms with Crippen LogP contribution in [0, 0.1) is 0 Å². The van der Waals surface area contributed by atoms with Crippen LogP contribution in [0.25, 0.3) is 0 Å². The Hall–Kier alpha value is -0.00623. The monoisotopic (exact) mass is 1050 g/mol. The van der Waals surface area contributed by atoms with Gasteiger partial charge in [0.2, 0.25) is 0 Å². The number of aliphatic hydroxyl groups is 3.